The third-order valence-electron chi connectivity index (χ3n) is 4.71. The van der Waals surface area contributed by atoms with Gasteiger partial charge in [0.25, 0.3) is 11.8 Å². The molecule has 0 bridgehead atoms. The van der Waals surface area contributed by atoms with Crippen LogP contribution in [0.1, 0.15) is 11.1 Å². The molecule has 1 N–H and O–H groups in total. The zero-order valence-corrected chi connectivity index (χ0v) is 18.0. The Morgan fingerprint density at radius 3 is 2.10 bits per heavy atom. The SMILES string of the molecule is Cc1ccc(Cl)cc1NC1=C(c2ccccc2)C(=O)N(c2cc(Cl)cc(Cl)c2)C1=O. The molecule has 2 amide bonds. The smallest absolute Gasteiger partial charge is 0.282 e. The Balaban J connectivity index is 1.86. The highest BCUT2D eigenvalue weighted by molar-refractivity contribution is 6.47. The Hall–Kier alpha value is -2.79. The van der Waals surface area contributed by atoms with E-state index in [4.69, 9.17) is 34.8 Å². The molecule has 0 unspecified atom stereocenters. The van der Waals surface area contributed by atoms with Gasteiger partial charge in [-0.3, -0.25) is 9.59 Å². The first kappa shape index (κ1) is 20.5. The number of rotatable bonds is 4. The lowest BCUT2D eigenvalue weighted by Gasteiger charge is -2.16. The van der Waals surface area contributed by atoms with E-state index in [0.29, 0.717) is 32.0 Å². The molecule has 0 aliphatic carbocycles. The summed E-state index contributed by atoms with van der Waals surface area (Å²) in [5.41, 5.74) is 2.86. The van der Waals surface area contributed by atoms with Crippen LogP contribution in [0.5, 0.6) is 0 Å². The summed E-state index contributed by atoms with van der Waals surface area (Å²) in [7, 11) is 0. The average molecular weight is 458 g/mol. The number of nitrogens with one attached hydrogen (secondary N) is 1. The Bertz CT molecular complexity index is 1190. The molecule has 4 rings (SSSR count). The first-order valence-electron chi connectivity index (χ1n) is 9.03. The third kappa shape index (κ3) is 3.82. The van der Waals surface area contributed by atoms with Gasteiger partial charge in [0.15, 0.2) is 0 Å². The van der Waals surface area contributed by atoms with Gasteiger partial charge in [-0.2, -0.15) is 0 Å². The molecule has 0 spiro atoms. The second kappa shape index (κ2) is 8.15. The summed E-state index contributed by atoms with van der Waals surface area (Å²) in [6.45, 7) is 1.89. The topological polar surface area (TPSA) is 49.4 Å². The fourth-order valence-electron chi connectivity index (χ4n) is 3.28. The molecule has 30 heavy (non-hydrogen) atoms. The van der Waals surface area contributed by atoms with Gasteiger partial charge in [-0.05, 0) is 48.4 Å². The summed E-state index contributed by atoms with van der Waals surface area (Å²) >= 11 is 18.3. The van der Waals surface area contributed by atoms with Crippen LogP contribution in [0.3, 0.4) is 0 Å². The molecule has 150 valence electrons. The fourth-order valence-corrected chi connectivity index (χ4v) is 3.97. The van der Waals surface area contributed by atoms with Crippen LogP contribution in [0.2, 0.25) is 15.1 Å². The number of imide groups is 1. The number of aryl methyl sites for hydroxylation is 1. The van der Waals surface area contributed by atoms with Gasteiger partial charge in [-0.15, -0.1) is 0 Å². The van der Waals surface area contributed by atoms with E-state index in [-0.39, 0.29) is 11.3 Å². The molecule has 3 aromatic rings. The molecule has 0 radical (unpaired) electrons. The summed E-state index contributed by atoms with van der Waals surface area (Å²) < 4.78 is 0. The average Bonchev–Trinajstić information content (AvgIpc) is 2.94. The van der Waals surface area contributed by atoms with Gasteiger partial charge in [0.05, 0.1) is 11.3 Å². The number of carbonyl (C=O) groups is 2. The molecule has 4 nitrogen and oxygen atoms in total. The van der Waals surface area contributed by atoms with E-state index in [2.05, 4.69) is 5.32 Å². The van der Waals surface area contributed by atoms with Gasteiger partial charge in [0.1, 0.15) is 5.70 Å². The van der Waals surface area contributed by atoms with Crippen molar-refractivity contribution in [2.75, 3.05) is 10.2 Å². The van der Waals surface area contributed by atoms with Gasteiger partial charge in [0, 0.05) is 20.8 Å². The van der Waals surface area contributed by atoms with Crippen LogP contribution in [0.25, 0.3) is 5.57 Å². The zero-order chi connectivity index (χ0) is 21.4. The molecule has 1 aliphatic rings. The maximum Gasteiger partial charge on any atom is 0.282 e. The molecule has 0 saturated heterocycles. The molecule has 3 aromatic carbocycles. The van der Waals surface area contributed by atoms with E-state index in [1.807, 2.05) is 19.1 Å². The van der Waals surface area contributed by atoms with E-state index < -0.39 is 11.8 Å². The molecule has 0 fully saturated rings. The van der Waals surface area contributed by atoms with E-state index >= 15 is 0 Å². The molecule has 0 saturated carbocycles. The van der Waals surface area contributed by atoms with Crippen molar-refractivity contribution >= 4 is 63.6 Å². The van der Waals surface area contributed by atoms with Crippen molar-refractivity contribution in [3.63, 3.8) is 0 Å². The lowest BCUT2D eigenvalue weighted by atomic mass is 10.0. The normalized spacial score (nSPS) is 13.9. The van der Waals surface area contributed by atoms with Crippen molar-refractivity contribution in [1.82, 2.24) is 0 Å². The number of benzene rings is 3. The largest absolute Gasteiger partial charge is 0.350 e. The second-order valence-electron chi connectivity index (χ2n) is 6.77. The number of carbonyl (C=O) groups excluding carboxylic acids is 2. The van der Waals surface area contributed by atoms with Gasteiger partial charge in [-0.25, -0.2) is 4.90 Å². The van der Waals surface area contributed by atoms with Crippen molar-refractivity contribution < 1.29 is 9.59 Å². The Kier molecular flexibility index (Phi) is 5.56. The van der Waals surface area contributed by atoms with Crippen LogP contribution in [0, 0.1) is 6.92 Å². The minimum absolute atomic E-state index is 0.160. The van der Waals surface area contributed by atoms with Crippen LogP contribution in [-0.2, 0) is 9.59 Å². The molecule has 0 atom stereocenters. The van der Waals surface area contributed by atoms with Crippen molar-refractivity contribution in [3.05, 3.63) is 98.6 Å². The molecular formula is C23H15Cl3N2O2. The maximum atomic E-state index is 13.4. The molecule has 1 heterocycles. The number of hydrogen-bond donors (Lipinski definition) is 1. The summed E-state index contributed by atoms with van der Waals surface area (Å²) in [6.07, 6.45) is 0. The van der Waals surface area contributed by atoms with Crippen molar-refractivity contribution in [1.29, 1.82) is 0 Å². The Morgan fingerprint density at radius 1 is 0.767 bits per heavy atom. The first-order chi connectivity index (χ1) is 14.3. The van der Waals surface area contributed by atoms with Crippen molar-refractivity contribution in [3.8, 4) is 0 Å². The lowest BCUT2D eigenvalue weighted by molar-refractivity contribution is -0.120. The number of anilines is 2. The summed E-state index contributed by atoms with van der Waals surface area (Å²) in [5.74, 6) is -0.969. The highest BCUT2D eigenvalue weighted by Crippen LogP contribution is 2.36. The third-order valence-corrected chi connectivity index (χ3v) is 5.38. The quantitative estimate of drug-likeness (QED) is 0.464. The highest BCUT2D eigenvalue weighted by Gasteiger charge is 2.40. The number of nitrogens with zero attached hydrogens (tertiary/aromatic N) is 1. The first-order valence-corrected chi connectivity index (χ1v) is 10.2. The van der Waals surface area contributed by atoms with Gasteiger partial charge < -0.3 is 5.32 Å². The van der Waals surface area contributed by atoms with Crippen molar-refractivity contribution in [2.24, 2.45) is 0 Å². The Morgan fingerprint density at radius 2 is 1.43 bits per heavy atom. The summed E-state index contributed by atoms with van der Waals surface area (Å²) in [4.78, 5) is 27.8. The van der Waals surface area contributed by atoms with E-state index in [0.717, 1.165) is 10.5 Å². The Labute approximate surface area is 188 Å². The number of hydrogen-bond acceptors (Lipinski definition) is 3. The summed E-state index contributed by atoms with van der Waals surface area (Å²) in [5, 5.41) is 4.29. The van der Waals surface area contributed by atoms with Crippen LogP contribution >= 0.6 is 34.8 Å². The predicted octanol–water partition coefficient (Wildman–Crippen LogP) is 6.35. The standard InChI is InChI=1S/C23H15Cl3N2O2/c1-13-7-8-15(24)12-19(13)27-21-20(14-5-3-2-4-6-14)22(29)28(23(21)30)18-10-16(25)9-17(26)11-18/h2-12,27H,1H3. The van der Waals surface area contributed by atoms with E-state index in [1.54, 1.807) is 36.4 Å². The molecular weight excluding hydrogens is 443 g/mol. The van der Waals surface area contributed by atoms with E-state index in [9.17, 15) is 9.59 Å². The summed E-state index contributed by atoms with van der Waals surface area (Å²) in [6, 6.07) is 18.9. The maximum absolute atomic E-state index is 13.4. The fraction of sp³-hybridized carbons (Fsp3) is 0.0435. The zero-order valence-electron chi connectivity index (χ0n) is 15.7. The highest BCUT2D eigenvalue weighted by atomic mass is 35.5. The number of halogens is 3. The van der Waals surface area contributed by atoms with Gasteiger partial charge >= 0.3 is 0 Å². The minimum atomic E-state index is -0.503. The molecule has 7 heteroatoms. The monoisotopic (exact) mass is 456 g/mol. The van der Waals surface area contributed by atoms with Crippen LogP contribution in [0.4, 0.5) is 11.4 Å². The van der Waals surface area contributed by atoms with Crippen LogP contribution in [-0.4, -0.2) is 11.8 Å². The van der Waals surface area contributed by atoms with Crippen LogP contribution in [0.15, 0.2) is 72.4 Å². The second-order valence-corrected chi connectivity index (χ2v) is 8.08. The lowest BCUT2D eigenvalue weighted by Crippen LogP contribution is -2.32. The predicted molar refractivity (Wildman–Crippen MR) is 122 cm³/mol. The van der Waals surface area contributed by atoms with Crippen molar-refractivity contribution in [2.45, 2.75) is 6.92 Å². The van der Waals surface area contributed by atoms with Gasteiger partial charge in [0.2, 0.25) is 0 Å². The van der Waals surface area contributed by atoms with Crippen LogP contribution < -0.4 is 10.2 Å². The molecule has 1 aliphatic heterocycles. The number of amides is 2. The molecule has 0 aromatic heterocycles. The van der Waals surface area contributed by atoms with Gasteiger partial charge in [-0.1, -0.05) is 71.2 Å². The van der Waals surface area contributed by atoms with E-state index in [1.165, 1.54) is 18.2 Å². The minimum Gasteiger partial charge on any atom is -0.350 e.